The van der Waals surface area contributed by atoms with Gasteiger partial charge in [0.05, 0.1) is 18.1 Å². The molecule has 0 radical (unpaired) electrons. The van der Waals surface area contributed by atoms with Crippen molar-refractivity contribution in [3.8, 4) is 11.5 Å². The minimum atomic E-state index is -0.414. The van der Waals surface area contributed by atoms with Crippen molar-refractivity contribution in [2.24, 2.45) is 5.92 Å². The third kappa shape index (κ3) is 4.72. The Morgan fingerprint density at radius 3 is 2.58 bits per heavy atom. The third-order valence-electron chi connectivity index (χ3n) is 3.51. The van der Waals surface area contributed by atoms with Gasteiger partial charge in [0.1, 0.15) is 23.1 Å². The monoisotopic (exact) mass is 352 g/mol. The molecule has 0 aliphatic heterocycles. The van der Waals surface area contributed by atoms with Gasteiger partial charge in [-0.25, -0.2) is 19.3 Å². The number of anilines is 3. The first-order valence-electron chi connectivity index (χ1n) is 8.44. The summed E-state index contributed by atoms with van der Waals surface area (Å²) < 4.78 is 13.4. The highest BCUT2D eigenvalue weighted by Crippen LogP contribution is 2.22. The van der Waals surface area contributed by atoms with E-state index in [1.807, 2.05) is 25.1 Å². The summed E-state index contributed by atoms with van der Waals surface area (Å²) in [5.74, 6) is 1.77. The summed E-state index contributed by atoms with van der Waals surface area (Å²) in [7, 11) is 0. The molecule has 0 aromatic carbocycles. The van der Waals surface area contributed by atoms with E-state index in [1.54, 1.807) is 6.07 Å². The minimum absolute atomic E-state index is 0.414. The summed E-state index contributed by atoms with van der Waals surface area (Å²) in [6.07, 6.45) is 2.69. The molecule has 6 nitrogen and oxygen atoms in total. The molecular formula is C19H21FN6. The molecule has 26 heavy (non-hydrogen) atoms. The fraction of sp³-hybridized carbons (Fsp3) is 0.263. The quantitative estimate of drug-likeness (QED) is 0.693. The zero-order chi connectivity index (χ0) is 18.5. The van der Waals surface area contributed by atoms with Gasteiger partial charge in [-0.2, -0.15) is 0 Å². The van der Waals surface area contributed by atoms with E-state index in [1.165, 1.54) is 12.3 Å². The summed E-state index contributed by atoms with van der Waals surface area (Å²) >= 11 is 0. The second-order valence-electron chi connectivity index (χ2n) is 6.42. The number of aryl methyl sites for hydroxylation is 1. The highest BCUT2D eigenvalue weighted by molar-refractivity contribution is 5.63. The number of hydrogen-bond acceptors (Lipinski definition) is 6. The molecule has 3 heterocycles. The van der Waals surface area contributed by atoms with E-state index in [0.29, 0.717) is 34.8 Å². The molecular weight excluding hydrogens is 331 g/mol. The second-order valence-corrected chi connectivity index (χ2v) is 6.42. The lowest BCUT2D eigenvalue weighted by molar-refractivity contribution is 0.622. The van der Waals surface area contributed by atoms with Crippen molar-refractivity contribution in [3.63, 3.8) is 0 Å². The van der Waals surface area contributed by atoms with Gasteiger partial charge in [-0.15, -0.1) is 0 Å². The molecule has 0 unspecified atom stereocenters. The molecule has 0 bridgehead atoms. The lowest BCUT2D eigenvalue weighted by Crippen LogP contribution is -2.11. The molecule has 0 fully saturated rings. The molecule has 3 aromatic rings. The van der Waals surface area contributed by atoms with E-state index in [-0.39, 0.29) is 0 Å². The topological polar surface area (TPSA) is 75.6 Å². The molecule has 2 N–H and O–H groups in total. The zero-order valence-electron chi connectivity index (χ0n) is 15.0. The normalized spacial score (nSPS) is 10.8. The van der Waals surface area contributed by atoms with E-state index in [9.17, 15) is 4.39 Å². The van der Waals surface area contributed by atoms with Crippen LogP contribution in [0.4, 0.5) is 21.7 Å². The van der Waals surface area contributed by atoms with E-state index < -0.39 is 5.82 Å². The van der Waals surface area contributed by atoms with Crippen LogP contribution >= 0.6 is 0 Å². The number of pyridine rings is 2. The number of nitrogens with one attached hydrogen (secondary N) is 2. The Labute approximate surface area is 152 Å². The third-order valence-corrected chi connectivity index (χ3v) is 3.51. The van der Waals surface area contributed by atoms with Crippen LogP contribution in [0.3, 0.4) is 0 Å². The predicted octanol–water partition coefficient (Wildman–Crippen LogP) is 4.19. The van der Waals surface area contributed by atoms with Crippen LogP contribution in [0, 0.1) is 18.7 Å². The van der Waals surface area contributed by atoms with E-state index in [4.69, 9.17) is 0 Å². The summed E-state index contributed by atoms with van der Waals surface area (Å²) in [6, 6.07) is 8.84. The summed E-state index contributed by atoms with van der Waals surface area (Å²) in [4.78, 5) is 17.4. The van der Waals surface area contributed by atoms with Crippen LogP contribution in [0.5, 0.6) is 0 Å². The van der Waals surface area contributed by atoms with Gasteiger partial charge >= 0.3 is 0 Å². The van der Waals surface area contributed by atoms with Crippen molar-refractivity contribution < 1.29 is 4.39 Å². The molecule has 0 aliphatic carbocycles. The van der Waals surface area contributed by atoms with Crippen molar-refractivity contribution in [1.82, 2.24) is 19.9 Å². The zero-order valence-corrected chi connectivity index (χ0v) is 15.0. The number of rotatable bonds is 6. The Morgan fingerprint density at radius 1 is 1.04 bits per heavy atom. The first-order valence-corrected chi connectivity index (χ1v) is 8.44. The van der Waals surface area contributed by atoms with Gasteiger partial charge in [0, 0.05) is 24.4 Å². The van der Waals surface area contributed by atoms with Crippen molar-refractivity contribution >= 4 is 17.3 Å². The van der Waals surface area contributed by atoms with E-state index >= 15 is 0 Å². The first kappa shape index (κ1) is 17.7. The predicted molar refractivity (Wildman–Crippen MR) is 101 cm³/mol. The lowest BCUT2D eigenvalue weighted by atomic mass is 10.2. The summed E-state index contributed by atoms with van der Waals surface area (Å²) in [6.45, 7) is 6.93. The maximum absolute atomic E-state index is 13.4. The molecule has 0 aliphatic rings. The van der Waals surface area contributed by atoms with Crippen LogP contribution in [-0.2, 0) is 0 Å². The smallest absolute Gasteiger partial charge is 0.182 e. The van der Waals surface area contributed by atoms with Crippen LogP contribution in [0.15, 0.2) is 42.7 Å². The fourth-order valence-electron chi connectivity index (χ4n) is 2.32. The number of nitrogens with zero attached hydrogens (tertiary/aromatic N) is 4. The van der Waals surface area contributed by atoms with Gasteiger partial charge in [0.2, 0.25) is 0 Å². The maximum Gasteiger partial charge on any atom is 0.182 e. The largest absolute Gasteiger partial charge is 0.370 e. The Balaban J connectivity index is 1.96. The second kappa shape index (κ2) is 7.86. The Bertz CT molecular complexity index is 897. The SMILES string of the molecule is Cc1cccc(-c2nc(NCC(C)C)cc(Nc3cncc(F)c3)n2)n1. The molecule has 0 saturated heterocycles. The molecule has 0 saturated carbocycles. The van der Waals surface area contributed by atoms with Gasteiger partial charge in [0.15, 0.2) is 5.82 Å². The highest BCUT2D eigenvalue weighted by Gasteiger charge is 2.10. The van der Waals surface area contributed by atoms with Crippen molar-refractivity contribution in [2.45, 2.75) is 20.8 Å². The standard InChI is InChI=1S/C19H21FN6/c1-12(2)9-22-17-8-18(24-15-7-14(20)10-21-11-15)26-19(25-17)16-6-4-5-13(3)23-16/h4-8,10-12H,9H2,1-3H3,(H2,22,24,25,26). The Morgan fingerprint density at radius 2 is 1.85 bits per heavy atom. The molecule has 7 heteroatoms. The minimum Gasteiger partial charge on any atom is -0.370 e. The van der Waals surface area contributed by atoms with Gasteiger partial charge in [-0.3, -0.25) is 4.98 Å². The average molecular weight is 352 g/mol. The number of halogens is 1. The van der Waals surface area contributed by atoms with Crippen LogP contribution < -0.4 is 10.6 Å². The molecule has 0 spiro atoms. The fourth-order valence-corrected chi connectivity index (χ4v) is 2.32. The lowest BCUT2D eigenvalue weighted by Gasteiger charge is -2.12. The van der Waals surface area contributed by atoms with Gasteiger partial charge < -0.3 is 10.6 Å². The van der Waals surface area contributed by atoms with Crippen LogP contribution in [-0.4, -0.2) is 26.5 Å². The van der Waals surface area contributed by atoms with E-state index in [0.717, 1.165) is 18.4 Å². The van der Waals surface area contributed by atoms with E-state index in [2.05, 4.69) is 44.4 Å². The van der Waals surface area contributed by atoms with Crippen molar-refractivity contribution in [1.29, 1.82) is 0 Å². The molecule has 0 amide bonds. The van der Waals surface area contributed by atoms with Gasteiger partial charge in [-0.1, -0.05) is 19.9 Å². The summed E-state index contributed by atoms with van der Waals surface area (Å²) in [5.41, 5.74) is 2.08. The molecule has 3 rings (SSSR count). The summed E-state index contributed by atoms with van der Waals surface area (Å²) in [5, 5.41) is 6.37. The maximum atomic E-state index is 13.4. The van der Waals surface area contributed by atoms with Gasteiger partial charge in [0.25, 0.3) is 0 Å². The number of hydrogen-bond donors (Lipinski definition) is 2. The first-order chi connectivity index (χ1) is 12.5. The van der Waals surface area contributed by atoms with Crippen molar-refractivity contribution in [2.75, 3.05) is 17.2 Å². The Kier molecular flexibility index (Phi) is 5.36. The average Bonchev–Trinajstić information content (AvgIpc) is 2.60. The van der Waals surface area contributed by atoms with Crippen LogP contribution in [0.2, 0.25) is 0 Å². The molecule has 3 aromatic heterocycles. The molecule has 0 atom stereocenters. The molecule has 134 valence electrons. The van der Waals surface area contributed by atoms with Crippen LogP contribution in [0.25, 0.3) is 11.5 Å². The van der Waals surface area contributed by atoms with Crippen molar-refractivity contribution in [3.05, 3.63) is 54.2 Å². The Hall–Kier alpha value is -3.09. The van der Waals surface area contributed by atoms with Crippen LogP contribution in [0.1, 0.15) is 19.5 Å². The highest BCUT2D eigenvalue weighted by atomic mass is 19.1. The van der Waals surface area contributed by atoms with Gasteiger partial charge in [-0.05, 0) is 25.0 Å². The number of aromatic nitrogens is 4.